The first-order chi connectivity index (χ1) is 9.91. The number of carbonyl (C=O) groups excluding carboxylic acids is 1. The topological polar surface area (TPSA) is 58.6 Å². The molecular formula is C17H25NO3. The molecule has 2 unspecified atom stereocenters. The molecule has 1 amide bonds. The molecule has 0 saturated heterocycles. The second-order valence-electron chi connectivity index (χ2n) is 6.76. The van der Waals surface area contributed by atoms with E-state index in [4.69, 9.17) is 4.74 Å². The zero-order chi connectivity index (χ0) is 15.5. The van der Waals surface area contributed by atoms with Crippen LogP contribution in [-0.4, -0.2) is 30.3 Å². The summed E-state index contributed by atoms with van der Waals surface area (Å²) in [6.07, 6.45) is 1.28. The second-order valence-corrected chi connectivity index (χ2v) is 6.76. The Kier molecular flexibility index (Phi) is 4.88. The lowest BCUT2D eigenvalue weighted by molar-refractivity contribution is -0.127. The fourth-order valence-electron chi connectivity index (χ4n) is 2.64. The van der Waals surface area contributed by atoms with Crippen molar-refractivity contribution in [2.45, 2.75) is 39.7 Å². The molecule has 2 rings (SSSR count). The van der Waals surface area contributed by atoms with E-state index in [2.05, 4.69) is 26.1 Å². The minimum atomic E-state index is -0.163. The van der Waals surface area contributed by atoms with E-state index in [0.29, 0.717) is 19.4 Å². The van der Waals surface area contributed by atoms with Gasteiger partial charge in [0.25, 0.3) is 0 Å². The number of aliphatic hydroxyl groups is 1. The number of amides is 1. The van der Waals surface area contributed by atoms with E-state index >= 15 is 0 Å². The molecule has 2 atom stereocenters. The van der Waals surface area contributed by atoms with Crippen molar-refractivity contribution in [3.05, 3.63) is 29.8 Å². The Balaban J connectivity index is 2.01. The number of carbonyl (C=O) groups is 1. The third-order valence-corrected chi connectivity index (χ3v) is 4.03. The van der Waals surface area contributed by atoms with E-state index in [1.165, 1.54) is 0 Å². The van der Waals surface area contributed by atoms with Crippen LogP contribution in [-0.2, 0) is 11.2 Å². The van der Waals surface area contributed by atoms with Crippen molar-refractivity contribution in [2.24, 2.45) is 11.3 Å². The molecule has 4 heteroatoms. The first kappa shape index (κ1) is 15.8. The lowest BCUT2D eigenvalue weighted by atomic mass is 9.84. The highest BCUT2D eigenvalue weighted by Gasteiger charge is 2.31. The summed E-state index contributed by atoms with van der Waals surface area (Å²) in [5.74, 6) is 0.727. The average molecular weight is 291 g/mol. The van der Waals surface area contributed by atoms with E-state index in [0.717, 1.165) is 11.3 Å². The Morgan fingerprint density at radius 2 is 2.14 bits per heavy atom. The Labute approximate surface area is 126 Å². The Morgan fingerprint density at radius 3 is 2.81 bits per heavy atom. The number of hydrogen-bond acceptors (Lipinski definition) is 3. The predicted octanol–water partition coefficient (Wildman–Crippen LogP) is 2.15. The molecule has 1 heterocycles. The van der Waals surface area contributed by atoms with E-state index in [1.54, 1.807) is 0 Å². The van der Waals surface area contributed by atoms with Crippen LogP contribution in [0.5, 0.6) is 5.75 Å². The highest BCUT2D eigenvalue weighted by molar-refractivity contribution is 5.80. The minimum absolute atomic E-state index is 0.0119. The molecule has 0 radical (unpaired) electrons. The molecule has 21 heavy (non-hydrogen) atoms. The molecule has 0 aromatic heterocycles. The van der Waals surface area contributed by atoms with Crippen molar-refractivity contribution >= 4 is 5.91 Å². The van der Waals surface area contributed by atoms with Crippen molar-refractivity contribution in [3.63, 3.8) is 0 Å². The van der Waals surface area contributed by atoms with Crippen LogP contribution in [0.15, 0.2) is 24.3 Å². The SMILES string of the molecule is CC(C)(C)C(CCO)NC(=O)C1COc2ccccc2C1. The molecule has 0 aliphatic carbocycles. The molecule has 4 nitrogen and oxygen atoms in total. The van der Waals surface area contributed by atoms with Gasteiger partial charge in [0.05, 0.1) is 5.92 Å². The molecule has 0 fully saturated rings. The van der Waals surface area contributed by atoms with Crippen LogP contribution < -0.4 is 10.1 Å². The first-order valence-corrected chi connectivity index (χ1v) is 7.53. The molecule has 1 aliphatic heterocycles. The Morgan fingerprint density at radius 1 is 1.43 bits per heavy atom. The molecule has 1 aromatic carbocycles. The molecular weight excluding hydrogens is 266 g/mol. The lowest BCUT2D eigenvalue weighted by Gasteiger charge is -2.33. The number of para-hydroxylation sites is 1. The summed E-state index contributed by atoms with van der Waals surface area (Å²) >= 11 is 0. The van der Waals surface area contributed by atoms with E-state index in [9.17, 15) is 9.90 Å². The third-order valence-electron chi connectivity index (χ3n) is 4.03. The van der Waals surface area contributed by atoms with Crippen LogP contribution in [0.3, 0.4) is 0 Å². The molecule has 0 saturated carbocycles. The van der Waals surface area contributed by atoms with Gasteiger partial charge in [-0.2, -0.15) is 0 Å². The Bertz CT molecular complexity index is 493. The number of nitrogens with one attached hydrogen (secondary N) is 1. The van der Waals surface area contributed by atoms with Gasteiger partial charge >= 0.3 is 0 Å². The normalized spacial score (nSPS) is 19.3. The third kappa shape index (κ3) is 3.97. The summed E-state index contributed by atoms with van der Waals surface area (Å²) in [7, 11) is 0. The summed E-state index contributed by atoms with van der Waals surface area (Å²) < 4.78 is 5.67. The quantitative estimate of drug-likeness (QED) is 0.893. The summed E-state index contributed by atoms with van der Waals surface area (Å²) in [6.45, 7) is 6.70. The summed E-state index contributed by atoms with van der Waals surface area (Å²) in [5.41, 5.74) is 1.00. The molecule has 1 aromatic rings. The predicted molar refractivity (Wildman–Crippen MR) is 82.2 cm³/mol. The summed E-state index contributed by atoms with van der Waals surface area (Å²) in [4.78, 5) is 12.5. The fraction of sp³-hybridized carbons (Fsp3) is 0.588. The molecule has 116 valence electrons. The Hall–Kier alpha value is -1.55. The van der Waals surface area contributed by atoms with Crippen molar-refractivity contribution in [3.8, 4) is 5.75 Å². The van der Waals surface area contributed by atoms with Crippen molar-refractivity contribution in [1.82, 2.24) is 5.32 Å². The van der Waals surface area contributed by atoms with Gasteiger partial charge in [0.2, 0.25) is 5.91 Å². The number of ether oxygens (including phenoxy) is 1. The van der Waals surface area contributed by atoms with Gasteiger partial charge in [0, 0.05) is 12.6 Å². The maximum absolute atomic E-state index is 12.5. The zero-order valence-corrected chi connectivity index (χ0v) is 13.1. The number of benzene rings is 1. The van der Waals surface area contributed by atoms with E-state index in [1.807, 2.05) is 24.3 Å². The van der Waals surface area contributed by atoms with Crippen LogP contribution in [0.1, 0.15) is 32.8 Å². The fourth-order valence-corrected chi connectivity index (χ4v) is 2.64. The standard InChI is InChI=1S/C17H25NO3/c1-17(2,3)15(8-9-19)18-16(20)13-10-12-6-4-5-7-14(12)21-11-13/h4-7,13,15,19H,8-11H2,1-3H3,(H,18,20). The number of aliphatic hydroxyl groups excluding tert-OH is 1. The van der Waals surface area contributed by atoms with Gasteiger partial charge in [-0.05, 0) is 29.9 Å². The van der Waals surface area contributed by atoms with Crippen LogP contribution in [0.25, 0.3) is 0 Å². The maximum Gasteiger partial charge on any atom is 0.227 e. The van der Waals surface area contributed by atoms with Crippen molar-refractivity contribution in [2.75, 3.05) is 13.2 Å². The van der Waals surface area contributed by atoms with Gasteiger partial charge in [0.15, 0.2) is 0 Å². The first-order valence-electron chi connectivity index (χ1n) is 7.53. The van der Waals surface area contributed by atoms with Gasteiger partial charge in [0.1, 0.15) is 12.4 Å². The van der Waals surface area contributed by atoms with Crippen LogP contribution >= 0.6 is 0 Å². The smallest absolute Gasteiger partial charge is 0.227 e. The maximum atomic E-state index is 12.5. The molecule has 2 N–H and O–H groups in total. The highest BCUT2D eigenvalue weighted by atomic mass is 16.5. The second kappa shape index (κ2) is 6.48. The van der Waals surface area contributed by atoms with Gasteiger partial charge < -0.3 is 15.2 Å². The van der Waals surface area contributed by atoms with Gasteiger partial charge in [-0.15, -0.1) is 0 Å². The van der Waals surface area contributed by atoms with Crippen LogP contribution in [0.4, 0.5) is 0 Å². The molecule has 0 spiro atoms. The molecule has 1 aliphatic rings. The van der Waals surface area contributed by atoms with Crippen LogP contribution in [0.2, 0.25) is 0 Å². The van der Waals surface area contributed by atoms with E-state index in [-0.39, 0.29) is 29.9 Å². The number of hydrogen-bond donors (Lipinski definition) is 2. The van der Waals surface area contributed by atoms with Crippen LogP contribution in [0, 0.1) is 11.3 Å². The van der Waals surface area contributed by atoms with E-state index < -0.39 is 0 Å². The summed E-state index contributed by atoms with van der Waals surface area (Å²) in [5, 5.41) is 12.3. The van der Waals surface area contributed by atoms with Gasteiger partial charge in [-0.3, -0.25) is 4.79 Å². The zero-order valence-electron chi connectivity index (χ0n) is 13.1. The van der Waals surface area contributed by atoms with Gasteiger partial charge in [-0.25, -0.2) is 0 Å². The van der Waals surface area contributed by atoms with Crippen molar-refractivity contribution < 1.29 is 14.6 Å². The molecule has 0 bridgehead atoms. The average Bonchev–Trinajstić information content (AvgIpc) is 2.45. The monoisotopic (exact) mass is 291 g/mol. The summed E-state index contributed by atoms with van der Waals surface area (Å²) in [6, 6.07) is 7.81. The number of fused-ring (bicyclic) bond motifs is 1. The lowest BCUT2D eigenvalue weighted by Crippen LogP contribution is -2.48. The van der Waals surface area contributed by atoms with Gasteiger partial charge in [-0.1, -0.05) is 39.0 Å². The minimum Gasteiger partial charge on any atom is -0.492 e. The number of rotatable bonds is 4. The van der Waals surface area contributed by atoms with Crippen molar-refractivity contribution in [1.29, 1.82) is 0 Å². The highest BCUT2D eigenvalue weighted by Crippen LogP contribution is 2.28. The largest absolute Gasteiger partial charge is 0.492 e.